The molecular formula is C36H32N2. The van der Waals surface area contributed by atoms with E-state index in [-0.39, 0.29) is 0 Å². The SMILES string of the molecule is C1=Cc2c(c3c(n2C2=CC=C(c4ccc(-n5c6c(c7ccccc75)C=CCC6)cc4)CC2)CCC=C3)CC1. The number of rotatable bonds is 3. The number of hydrogen-bond acceptors (Lipinski definition) is 0. The minimum absolute atomic E-state index is 1.08. The second-order valence-corrected chi connectivity index (χ2v) is 11.0. The number of fused-ring (bicyclic) bond motifs is 6. The molecule has 0 radical (unpaired) electrons. The molecule has 4 aliphatic rings. The van der Waals surface area contributed by atoms with Crippen LogP contribution in [0.2, 0.25) is 0 Å². The van der Waals surface area contributed by atoms with E-state index in [4.69, 9.17) is 0 Å². The van der Waals surface area contributed by atoms with Gasteiger partial charge in [0.15, 0.2) is 0 Å². The molecule has 0 saturated heterocycles. The van der Waals surface area contributed by atoms with E-state index in [0.717, 1.165) is 44.9 Å². The Morgan fingerprint density at radius 3 is 2.13 bits per heavy atom. The van der Waals surface area contributed by atoms with Gasteiger partial charge in [-0.3, -0.25) is 0 Å². The van der Waals surface area contributed by atoms with Crippen molar-refractivity contribution >= 4 is 40.4 Å². The van der Waals surface area contributed by atoms with Crippen LogP contribution in [0.25, 0.3) is 46.1 Å². The second-order valence-electron chi connectivity index (χ2n) is 11.0. The standard InChI is InChI=1S/C36H32N2/c1-5-13-33-29(9-1)30-10-2-6-14-34(30)37(33)27-21-17-25(18-22-27)26-19-23-28(24-20-26)38-35-15-7-3-11-31(35)32-12-4-8-16-36(32)38/h1-3,5,8-11,13,16-19,21-23H,4,6-7,12,14-15,20,24H2. The molecule has 0 atom stereocenters. The van der Waals surface area contributed by atoms with E-state index in [0.29, 0.717) is 0 Å². The summed E-state index contributed by atoms with van der Waals surface area (Å²) in [4.78, 5) is 0. The fourth-order valence-corrected chi connectivity index (χ4v) is 7.11. The van der Waals surface area contributed by atoms with Crippen LogP contribution in [0, 0.1) is 0 Å². The third-order valence-corrected chi connectivity index (χ3v) is 8.88. The average Bonchev–Trinajstić information content (AvgIpc) is 3.51. The molecule has 2 heteroatoms. The van der Waals surface area contributed by atoms with Crippen molar-refractivity contribution < 1.29 is 0 Å². The third kappa shape index (κ3) is 3.33. The zero-order valence-electron chi connectivity index (χ0n) is 21.8. The molecule has 38 heavy (non-hydrogen) atoms. The number of hydrogen-bond donors (Lipinski definition) is 0. The van der Waals surface area contributed by atoms with E-state index in [1.807, 2.05) is 0 Å². The zero-order valence-corrected chi connectivity index (χ0v) is 21.8. The number of aromatic nitrogens is 2. The topological polar surface area (TPSA) is 9.86 Å². The van der Waals surface area contributed by atoms with E-state index in [1.165, 1.54) is 68.1 Å². The van der Waals surface area contributed by atoms with Crippen LogP contribution in [0.3, 0.4) is 0 Å². The van der Waals surface area contributed by atoms with Gasteiger partial charge in [0.2, 0.25) is 0 Å². The largest absolute Gasteiger partial charge is 0.317 e. The fraction of sp³-hybridized carbons (Fsp3) is 0.222. The molecule has 0 unspecified atom stereocenters. The summed E-state index contributed by atoms with van der Waals surface area (Å²) < 4.78 is 5.07. The van der Waals surface area contributed by atoms with Gasteiger partial charge in [-0.25, -0.2) is 0 Å². The second kappa shape index (κ2) is 8.77. The molecule has 186 valence electrons. The molecule has 2 aromatic carbocycles. The van der Waals surface area contributed by atoms with Crippen LogP contribution in [-0.4, -0.2) is 9.13 Å². The maximum Gasteiger partial charge on any atom is 0.0537 e. The number of allylic oxidation sites excluding steroid dienone is 7. The van der Waals surface area contributed by atoms with Gasteiger partial charge in [0.25, 0.3) is 0 Å². The number of para-hydroxylation sites is 1. The van der Waals surface area contributed by atoms with Gasteiger partial charge in [-0.05, 0) is 104 Å². The highest BCUT2D eigenvalue weighted by Gasteiger charge is 2.25. The molecule has 4 aliphatic carbocycles. The van der Waals surface area contributed by atoms with Crippen molar-refractivity contribution in [1.29, 1.82) is 0 Å². The van der Waals surface area contributed by atoms with Crippen molar-refractivity contribution in [3.8, 4) is 5.69 Å². The number of benzene rings is 2. The maximum atomic E-state index is 2.59. The molecule has 2 aromatic heterocycles. The lowest BCUT2D eigenvalue weighted by molar-refractivity contribution is 0.845. The Morgan fingerprint density at radius 2 is 1.32 bits per heavy atom. The van der Waals surface area contributed by atoms with Gasteiger partial charge >= 0.3 is 0 Å². The first-order chi connectivity index (χ1) is 18.9. The molecule has 2 nitrogen and oxygen atoms in total. The van der Waals surface area contributed by atoms with E-state index < -0.39 is 0 Å². The highest BCUT2D eigenvalue weighted by atomic mass is 15.0. The molecule has 0 amide bonds. The predicted octanol–water partition coefficient (Wildman–Crippen LogP) is 9.03. The maximum absolute atomic E-state index is 2.59. The van der Waals surface area contributed by atoms with Crippen molar-refractivity contribution in [1.82, 2.24) is 9.13 Å². The van der Waals surface area contributed by atoms with Crippen LogP contribution < -0.4 is 0 Å². The summed E-state index contributed by atoms with van der Waals surface area (Å²) in [5.41, 5.74) is 15.6. The first-order valence-corrected chi connectivity index (χ1v) is 14.3. The molecule has 0 N–H and O–H groups in total. The lowest BCUT2D eigenvalue weighted by atomic mass is 9.95. The van der Waals surface area contributed by atoms with Gasteiger partial charge < -0.3 is 9.13 Å². The summed E-state index contributed by atoms with van der Waals surface area (Å²) in [6, 6.07) is 18.1. The molecule has 0 saturated carbocycles. The van der Waals surface area contributed by atoms with Gasteiger partial charge in [-0.2, -0.15) is 0 Å². The van der Waals surface area contributed by atoms with Crippen LogP contribution in [0.15, 0.2) is 78.9 Å². The zero-order chi connectivity index (χ0) is 25.1. The van der Waals surface area contributed by atoms with E-state index in [9.17, 15) is 0 Å². The highest BCUT2D eigenvalue weighted by molar-refractivity contribution is 5.93. The third-order valence-electron chi connectivity index (χ3n) is 8.88. The lowest BCUT2D eigenvalue weighted by Gasteiger charge is -2.21. The predicted molar refractivity (Wildman–Crippen MR) is 161 cm³/mol. The van der Waals surface area contributed by atoms with Crippen molar-refractivity contribution in [2.45, 2.75) is 51.4 Å². The number of nitrogens with zero attached hydrogens (tertiary/aromatic N) is 2. The van der Waals surface area contributed by atoms with Gasteiger partial charge in [-0.1, -0.05) is 66.8 Å². The minimum Gasteiger partial charge on any atom is -0.317 e. The van der Waals surface area contributed by atoms with Crippen molar-refractivity contribution in [3.63, 3.8) is 0 Å². The smallest absolute Gasteiger partial charge is 0.0537 e. The molecule has 8 rings (SSSR count). The van der Waals surface area contributed by atoms with E-state index in [1.54, 1.807) is 5.56 Å². The highest BCUT2D eigenvalue weighted by Crippen LogP contribution is 2.39. The van der Waals surface area contributed by atoms with Crippen LogP contribution >= 0.6 is 0 Å². The molecular weight excluding hydrogens is 460 g/mol. The minimum atomic E-state index is 1.08. The first-order valence-electron chi connectivity index (χ1n) is 14.3. The Bertz CT molecular complexity index is 1740. The first kappa shape index (κ1) is 22.0. The molecule has 0 bridgehead atoms. The van der Waals surface area contributed by atoms with Gasteiger partial charge in [-0.15, -0.1) is 0 Å². The fourth-order valence-electron chi connectivity index (χ4n) is 7.11. The van der Waals surface area contributed by atoms with Crippen LogP contribution in [0.1, 0.15) is 71.4 Å². The van der Waals surface area contributed by atoms with Crippen LogP contribution in [0.5, 0.6) is 0 Å². The van der Waals surface area contributed by atoms with E-state index in [2.05, 4.69) is 106 Å². The summed E-state index contributed by atoms with van der Waals surface area (Å²) in [7, 11) is 0. The normalized spacial score (nSPS) is 17.7. The molecule has 2 heterocycles. The Hall–Kier alpha value is -4.04. The summed E-state index contributed by atoms with van der Waals surface area (Å²) in [6.45, 7) is 0. The Morgan fingerprint density at radius 1 is 0.579 bits per heavy atom. The van der Waals surface area contributed by atoms with Crippen LogP contribution in [-0.2, 0) is 19.3 Å². The lowest BCUT2D eigenvalue weighted by Crippen LogP contribution is -2.08. The monoisotopic (exact) mass is 492 g/mol. The summed E-state index contributed by atoms with van der Waals surface area (Å²) in [5, 5.41) is 1.36. The van der Waals surface area contributed by atoms with Crippen molar-refractivity contribution in [2.24, 2.45) is 0 Å². The van der Waals surface area contributed by atoms with Crippen LogP contribution in [0.4, 0.5) is 0 Å². The Labute approximate surface area is 224 Å². The molecule has 0 spiro atoms. The summed E-state index contributed by atoms with van der Waals surface area (Å²) in [5.74, 6) is 0. The quantitative estimate of drug-likeness (QED) is 0.270. The van der Waals surface area contributed by atoms with Crippen molar-refractivity contribution in [2.75, 3.05) is 0 Å². The molecule has 0 aliphatic heterocycles. The molecule has 0 fully saturated rings. The van der Waals surface area contributed by atoms with Gasteiger partial charge in [0, 0.05) is 39.4 Å². The molecule has 4 aromatic rings. The Kier molecular flexibility index (Phi) is 5.07. The Balaban J connectivity index is 1.14. The summed E-state index contributed by atoms with van der Waals surface area (Å²) >= 11 is 0. The average molecular weight is 493 g/mol. The summed E-state index contributed by atoms with van der Waals surface area (Å²) in [6.07, 6.45) is 27.8. The van der Waals surface area contributed by atoms with Crippen molar-refractivity contribution in [3.05, 3.63) is 118 Å². The van der Waals surface area contributed by atoms with Gasteiger partial charge in [0.1, 0.15) is 0 Å². The van der Waals surface area contributed by atoms with E-state index >= 15 is 0 Å². The van der Waals surface area contributed by atoms with Gasteiger partial charge in [0.05, 0.1) is 5.52 Å².